The van der Waals surface area contributed by atoms with Crippen LogP contribution in [-0.2, 0) is 9.53 Å². The number of fused-ring (bicyclic) bond motifs is 1. The lowest BCUT2D eigenvalue weighted by atomic mass is 9.96. The summed E-state index contributed by atoms with van der Waals surface area (Å²) in [6, 6.07) is 0. The molecule has 13 heavy (non-hydrogen) atoms. The summed E-state index contributed by atoms with van der Waals surface area (Å²) < 4.78 is 30.9. The normalized spacial score (nSPS) is 40.7. The second kappa shape index (κ2) is 2.41. The van der Waals surface area contributed by atoms with Gasteiger partial charge < -0.3 is 10.1 Å². The van der Waals surface area contributed by atoms with Crippen molar-refractivity contribution >= 4 is 5.97 Å². The maximum atomic E-state index is 13.3. The molecule has 5 heteroatoms. The SMILES string of the molecule is COC(=O)[C@@]12CCNC[C@H]1C2(F)F. The Morgan fingerprint density at radius 3 is 2.85 bits per heavy atom. The zero-order valence-electron chi connectivity index (χ0n) is 7.27. The molecule has 1 saturated carbocycles. The largest absolute Gasteiger partial charge is 0.468 e. The molecule has 74 valence electrons. The summed E-state index contributed by atoms with van der Waals surface area (Å²) in [5.41, 5.74) is -1.51. The standard InChI is InChI=1S/C8H11F2NO2/c1-13-6(12)7-2-3-11-4-5(7)8(7,9)10/h5,11H,2-4H2,1H3/t5-,7-/m1/s1. The second-order valence-corrected chi connectivity index (χ2v) is 3.59. The number of carbonyl (C=O) groups excluding carboxylic acids is 1. The van der Waals surface area contributed by atoms with Crippen LogP contribution in [0.2, 0.25) is 0 Å². The molecule has 3 nitrogen and oxygen atoms in total. The molecule has 0 unspecified atom stereocenters. The molecule has 0 aromatic heterocycles. The average Bonchev–Trinajstić information content (AvgIpc) is 2.65. The molecule has 2 rings (SSSR count). The van der Waals surface area contributed by atoms with E-state index >= 15 is 0 Å². The monoisotopic (exact) mass is 191 g/mol. The van der Waals surface area contributed by atoms with Crippen molar-refractivity contribution in [2.45, 2.75) is 12.3 Å². The highest BCUT2D eigenvalue weighted by Crippen LogP contribution is 2.69. The summed E-state index contributed by atoms with van der Waals surface area (Å²) in [6.07, 6.45) is 0.178. The highest BCUT2D eigenvalue weighted by atomic mass is 19.3. The van der Waals surface area contributed by atoms with E-state index in [0.29, 0.717) is 6.54 Å². The van der Waals surface area contributed by atoms with Crippen molar-refractivity contribution in [2.24, 2.45) is 11.3 Å². The molecule has 0 aromatic rings. The van der Waals surface area contributed by atoms with Gasteiger partial charge in [0.15, 0.2) is 0 Å². The molecule has 1 aliphatic heterocycles. The Kier molecular flexibility index (Phi) is 1.64. The van der Waals surface area contributed by atoms with Crippen LogP contribution >= 0.6 is 0 Å². The lowest BCUT2D eigenvalue weighted by Gasteiger charge is -2.18. The van der Waals surface area contributed by atoms with Crippen LogP contribution < -0.4 is 5.32 Å². The number of rotatable bonds is 1. The van der Waals surface area contributed by atoms with Gasteiger partial charge in [0.25, 0.3) is 5.92 Å². The van der Waals surface area contributed by atoms with Gasteiger partial charge in [-0.25, -0.2) is 8.78 Å². The van der Waals surface area contributed by atoms with E-state index < -0.39 is 23.2 Å². The highest BCUT2D eigenvalue weighted by Gasteiger charge is 2.85. The molecular formula is C8H11F2NO2. The van der Waals surface area contributed by atoms with Crippen LogP contribution in [-0.4, -0.2) is 32.1 Å². The molecule has 1 saturated heterocycles. The summed E-state index contributed by atoms with van der Waals surface area (Å²) in [5, 5.41) is 2.85. The van der Waals surface area contributed by atoms with Crippen LogP contribution in [0.5, 0.6) is 0 Å². The molecule has 0 aromatic carbocycles. The number of hydrogen-bond acceptors (Lipinski definition) is 3. The molecule has 1 N–H and O–H groups in total. The maximum Gasteiger partial charge on any atom is 0.318 e. The predicted octanol–water partition coefficient (Wildman–Crippen LogP) is 0.404. The van der Waals surface area contributed by atoms with E-state index in [1.54, 1.807) is 0 Å². The lowest BCUT2D eigenvalue weighted by Crippen LogP contribution is -2.34. The lowest BCUT2D eigenvalue weighted by molar-refractivity contribution is -0.152. The molecule has 0 amide bonds. The third kappa shape index (κ3) is 0.829. The summed E-state index contributed by atoms with van der Waals surface area (Å²) in [4.78, 5) is 11.2. The number of piperidine rings is 1. The van der Waals surface area contributed by atoms with Crippen LogP contribution in [0.1, 0.15) is 6.42 Å². The summed E-state index contributed by atoms with van der Waals surface area (Å²) in [6.45, 7) is 0.670. The first-order chi connectivity index (χ1) is 6.07. The Hall–Kier alpha value is -0.710. The number of alkyl halides is 2. The van der Waals surface area contributed by atoms with Gasteiger partial charge in [0, 0.05) is 6.54 Å². The fraction of sp³-hybridized carbons (Fsp3) is 0.875. The first kappa shape index (κ1) is 8.87. The molecule has 0 bridgehead atoms. The van der Waals surface area contributed by atoms with E-state index in [1.807, 2.05) is 0 Å². The topological polar surface area (TPSA) is 38.3 Å². The second-order valence-electron chi connectivity index (χ2n) is 3.59. The minimum absolute atomic E-state index is 0.178. The summed E-state index contributed by atoms with van der Waals surface area (Å²) >= 11 is 0. The van der Waals surface area contributed by atoms with Gasteiger partial charge >= 0.3 is 5.97 Å². The molecule has 0 radical (unpaired) electrons. The molecular weight excluding hydrogens is 180 g/mol. The van der Waals surface area contributed by atoms with Crippen molar-refractivity contribution in [1.29, 1.82) is 0 Å². The zero-order valence-corrected chi connectivity index (χ0v) is 7.27. The first-order valence-corrected chi connectivity index (χ1v) is 4.24. The van der Waals surface area contributed by atoms with Crippen molar-refractivity contribution in [2.75, 3.05) is 20.2 Å². The van der Waals surface area contributed by atoms with E-state index in [2.05, 4.69) is 10.1 Å². The molecule has 0 spiro atoms. The van der Waals surface area contributed by atoms with Crippen molar-refractivity contribution in [3.8, 4) is 0 Å². The minimum atomic E-state index is -2.87. The maximum absolute atomic E-state index is 13.3. The van der Waals surface area contributed by atoms with Crippen molar-refractivity contribution in [3.05, 3.63) is 0 Å². The third-order valence-electron chi connectivity index (χ3n) is 3.14. The van der Waals surface area contributed by atoms with Crippen molar-refractivity contribution in [3.63, 3.8) is 0 Å². The summed E-state index contributed by atoms with van der Waals surface area (Å²) in [5.74, 6) is -4.49. The van der Waals surface area contributed by atoms with Gasteiger partial charge in [-0.3, -0.25) is 4.79 Å². The van der Waals surface area contributed by atoms with Crippen molar-refractivity contribution in [1.82, 2.24) is 5.32 Å². The van der Waals surface area contributed by atoms with Gasteiger partial charge in [0.2, 0.25) is 0 Å². The average molecular weight is 191 g/mol. The number of nitrogens with one attached hydrogen (secondary N) is 1. The fourth-order valence-corrected chi connectivity index (χ4v) is 2.27. The zero-order chi connectivity index (χ0) is 9.69. The van der Waals surface area contributed by atoms with E-state index in [9.17, 15) is 13.6 Å². The van der Waals surface area contributed by atoms with Crippen LogP contribution in [0.4, 0.5) is 8.78 Å². The van der Waals surface area contributed by atoms with Crippen LogP contribution in [0.25, 0.3) is 0 Å². The third-order valence-corrected chi connectivity index (χ3v) is 3.14. The van der Waals surface area contributed by atoms with E-state index in [-0.39, 0.29) is 13.0 Å². The number of methoxy groups -OCH3 is 1. The molecule has 1 heterocycles. The van der Waals surface area contributed by atoms with Gasteiger partial charge in [-0.1, -0.05) is 0 Å². The van der Waals surface area contributed by atoms with Crippen LogP contribution in [0, 0.1) is 11.3 Å². The van der Waals surface area contributed by atoms with Crippen LogP contribution in [0.15, 0.2) is 0 Å². The quantitative estimate of drug-likeness (QED) is 0.610. The number of esters is 1. The predicted molar refractivity (Wildman–Crippen MR) is 40.4 cm³/mol. The Labute approximate surface area is 74.4 Å². The van der Waals surface area contributed by atoms with E-state index in [0.717, 1.165) is 7.11 Å². The number of hydrogen-bond donors (Lipinski definition) is 1. The fourth-order valence-electron chi connectivity index (χ4n) is 2.27. The Morgan fingerprint density at radius 2 is 2.31 bits per heavy atom. The number of carbonyl (C=O) groups is 1. The van der Waals surface area contributed by atoms with Crippen molar-refractivity contribution < 1.29 is 18.3 Å². The van der Waals surface area contributed by atoms with Gasteiger partial charge in [0.1, 0.15) is 5.41 Å². The van der Waals surface area contributed by atoms with Gasteiger partial charge in [-0.2, -0.15) is 0 Å². The number of halogens is 2. The van der Waals surface area contributed by atoms with E-state index in [4.69, 9.17) is 0 Å². The smallest absolute Gasteiger partial charge is 0.318 e. The van der Waals surface area contributed by atoms with E-state index in [1.165, 1.54) is 0 Å². The molecule has 1 aliphatic carbocycles. The highest BCUT2D eigenvalue weighted by molar-refractivity contribution is 5.83. The molecule has 2 atom stereocenters. The minimum Gasteiger partial charge on any atom is -0.468 e. The molecule has 2 fully saturated rings. The molecule has 2 aliphatic rings. The number of ether oxygens (including phenoxy) is 1. The van der Waals surface area contributed by atoms with Gasteiger partial charge in [-0.15, -0.1) is 0 Å². The Morgan fingerprint density at radius 1 is 1.62 bits per heavy atom. The Balaban J connectivity index is 2.26. The van der Waals surface area contributed by atoms with Crippen LogP contribution in [0.3, 0.4) is 0 Å². The van der Waals surface area contributed by atoms with Gasteiger partial charge in [0.05, 0.1) is 13.0 Å². The Bertz CT molecular complexity index is 257. The van der Waals surface area contributed by atoms with Gasteiger partial charge in [-0.05, 0) is 13.0 Å². The summed E-state index contributed by atoms with van der Waals surface area (Å²) in [7, 11) is 1.16. The first-order valence-electron chi connectivity index (χ1n) is 4.24.